The van der Waals surface area contributed by atoms with Crippen molar-refractivity contribution in [3.8, 4) is 0 Å². The van der Waals surface area contributed by atoms with Crippen molar-refractivity contribution in [1.82, 2.24) is 0 Å². The van der Waals surface area contributed by atoms with E-state index in [0.29, 0.717) is 17.6 Å². The van der Waals surface area contributed by atoms with Crippen molar-refractivity contribution in [1.29, 1.82) is 0 Å². The van der Waals surface area contributed by atoms with Gasteiger partial charge < -0.3 is 5.11 Å². The largest absolute Gasteiger partial charge is 0.393 e. The molecule has 0 saturated heterocycles. The fourth-order valence-corrected chi connectivity index (χ4v) is 5.92. The fraction of sp³-hybridized carbons (Fsp3) is 0.750. The Morgan fingerprint density at radius 3 is 2.86 bits per heavy atom. The molecule has 0 spiro atoms. The third-order valence-corrected chi connectivity index (χ3v) is 7.40. The molecule has 0 bridgehead atoms. The zero-order valence-corrected chi connectivity index (χ0v) is 13.9. The van der Waals surface area contributed by atoms with Gasteiger partial charge in [0.25, 0.3) is 0 Å². The minimum Gasteiger partial charge on any atom is -0.393 e. The van der Waals surface area contributed by atoms with Gasteiger partial charge in [0, 0.05) is 17.3 Å². The van der Waals surface area contributed by atoms with E-state index in [1.807, 2.05) is 0 Å². The highest BCUT2D eigenvalue weighted by Gasteiger charge is 2.53. The van der Waals surface area contributed by atoms with Gasteiger partial charge in [0.2, 0.25) is 0 Å². The van der Waals surface area contributed by atoms with Crippen molar-refractivity contribution in [2.75, 3.05) is 0 Å². The van der Waals surface area contributed by atoms with Crippen LogP contribution in [0.25, 0.3) is 0 Å². The first-order valence-electron chi connectivity index (χ1n) is 9.06. The lowest BCUT2D eigenvalue weighted by molar-refractivity contribution is -0.136. The van der Waals surface area contributed by atoms with Gasteiger partial charge in [0.05, 0.1) is 6.10 Å². The molecule has 5 atom stereocenters. The summed E-state index contributed by atoms with van der Waals surface area (Å²) in [5.41, 5.74) is 3.11. The molecule has 22 heavy (non-hydrogen) atoms. The molecule has 4 rings (SSSR count). The number of allylic oxidation sites excluding steroid dienone is 3. The van der Waals surface area contributed by atoms with Gasteiger partial charge in [-0.25, -0.2) is 0 Å². The SMILES string of the molecule is CC12CCC(O)CC1=CCC1C2=CCC2(C)C(=O)CCCC12. The molecule has 120 valence electrons. The molecule has 0 aromatic heterocycles. The lowest BCUT2D eigenvalue weighted by Crippen LogP contribution is -2.49. The molecular weight excluding hydrogens is 272 g/mol. The van der Waals surface area contributed by atoms with Gasteiger partial charge in [0.15, 0.2) is 0 Å². The number of rotatable bonds is 0. The molecule has 4 aliphatic rings. The smallest absolute Gasteiger partial charge is 0.139 e. The van der Waals surface area contributed by atoms with Gasteiger partial charge in [-0.05, 0) is 56.8 Å². The Bertz CT molecular complexity index is 572. The number of hydrogen-bond acceptors (Lipinski definition) is 2. The number of carbonyl (C=O) groups is 1. The third kappa shape index (κ3) is 1.86. The van der Waals surface area contributed by atoms with Gasteiger partial charge in [-0.2, -0.15) is 0 Å². The normalized spacial score (nSPS) is 47.8. The third-order valence-electron chi connectivity index (χ3n) is 7.40. The van der Waals surface area contributed by atoms with Crippen LogP contribution in [-0.2, 0) is 4.79 Å². The molecule has 2 saturated carbocycles. The van der Waals surface area contributed by atoms with Crippen LogP contribution in [0.1, 0.15) is 65.2 Å². The van der Waals surface area contributed by atoms with E-state index >= 15 is 0 Å². The number of fused-ring (bicyclic) bond motifs is 5. The van der Waals surface area contributed by atoms with Crippen molar-refractivity contribution < 1.29 is 9.90 Å². The summed E-state index contributed by atoms with van der Waals surface area (Å²) in [5, 5.41) is 10.0. The van der Waals surface area contributed by atoms with Crippen LogP contribution in [-0.4, -0.2) is 17.0 Å². The predicted octanol–water partition coefficient (Wildman–Crippen LogP) is 4.19. The second-order valence-electron chi connectivity index (χ2n) is 8.50. The molecule has 0 amide bonds. The first-order chi connectivity index (χ1) is 10.4. The minimum absolute atomic E-state index is 0.109. The molecule has 2 fully saturated rings. The zero-order valence-electron chi connectivity index (χ0n) is 13.9. The van der Waals surface area contributed by atoms with E-state index < -0.39 is 0 Å². The summed E-state index contributed by atoms with van der Waals surface area (Å²) >= 11 is 0. The Morgan fingerprint density at radius 1 is 1.23 bits per heavy atom. The van der Waals surface area contributed by atoms with E-state index in [4.69, 9.17) is 0 Å². The van der Waals surface area contributed by atoms with E-state index in [0.717, 1.165) is 44.9 Å². The number of aliphatic hydroxyl groups is 1. The van der Waals surface area contributed by atoms with Crippen LogP contribution in [0, 0.1) is 22.7 Å². The highest BCUT2D eigenvalue weighted by molar-refractivity contribution is 5.86. The predicted molar refractivity (Wildman–Crippen MR) is 87.3 cm³/mol. The van der Waals surface area contributed by atoms with Gasteiger partial charge in [-0.15, -0.1) is 0 Å². The molecule has 0 aliphatic heterocycles. The Kier molecular flexibility index (Phi) is 3.21. The Labute approximate surface area is 133 Å². The van der Waals surface area contributed by atoms with Crippen LogP contribution < -0.4 is 0 Å². The van der Waals surface area contributed by atoms with Crippen LogP contribution in [0.2, 0.25) is 0 Å². The number of ketones is 1. The molecular formula is C20H28O2. The Balaban J connectivity index is 1.74. The second kappa shape index (κ2) is 4.80. The molecule has 0 heterocycles. The second-order valence-corrected chi connectivity index (χ2v) is 8.50. The van der Waals surface area contributed by atoms with Crippen LogP contribution in [0.3, 0.4) is 0 Å². The first-order valence-corrected chi connectivity index (χ1v) is 9.06. The van der Waals surface area contributed by atoms with Crippen molar-refractivity contribution in [2.24, 2.45) is 22.7 Å². The van der Waals surface area contributed by atoms with Crippen LogP contribution >= 0.6 is 0 Å². The molecule has 1 N–H and O–H groups in total. The van der Waals surface area contributed by atoms with E-state index in [1.54, 1.807) is 5.57 Å². The standard InChI is InChI=1S/C20H28O2/c1-19-10-8-14(21)12-13(19)6-7-15-16-4-3-5-18(22)20(16,2)11-9-17(15)19/h6,9,14-16,21H,3-5,7-8,10-12H2,1-2H3. The lowest BCUT2D eigenvalue weighted by atomic mass is 9.49. The lowest BCUT2D eigenvalue weighted by Gasteiger charge is -2.55. The Morgan fingerprint density at radius 2 is 2.05 bits per heavy atom. The molecule has 0 aromatic carbocycles. The topological polar surface area (TPSA) is 37.3 Å². The van der Waals surface area contributed by atoms with Crippen LogP contribution in [0.5, 0.6) is 0 Å². The average molecular weight is 300 g/mol. The van der Waals surface area contributed by atoms with E-state index in [-0.39, 0.29) is 16.9 Å². The average Bonchev–Trinajstić information content (AvgIpc) is 2.49. The van der Waals surface area contributed by atoms with Crippen molar-refractivity contribution >= 4 is 5.78 Å². The molecule has 0 radical (unpaired) electrons. The maximum atomic E-state index is 12.6. The number of Topliss-reactive ketones (excluding diaryl/α,β-unsaturated/α-hetero) is 1. The number of hydrogen-bond donors (Lipinski definition) is 1. The maximum absolute atomic E-state index is 12.6. The highest BCUT2D eigenvalue weighted by Crippen LogP contribution is 2.60. The summed E-state index contributed by atoms with van der Waals surface area (Å²) in [7, 11) is 0. The van der Waals surface area contributed by atoms with Crippen LogP contribution in [0.15, 0.2) is 23.3 Å². The van der Waals surface area contributed by atoms with Crippen molar-refractivity contribution in [2.45, 2.75) is 71.3 Å². The summed E-state index contributed by atoms with van der Waals surface area (Å²) < 4.78 is 0. The van der Waals surface area contributed by atoms with E-state index in [1.165, 1.54) is 12.0 Å². The zero-order chi connectivity index (χ0) is 15.5. The van der Waals surface area contributed by atoms with Gasteiger partial charge >= 0.3 is 0 Å². The monoisotopic (exact) mass is 300 g/mol. The first kappa shape index (κ1) is 14.7. The molecule has 5 unspecified atom stereocenters. The number of aliphatic hydroxyl groups excluding tert-OH is 1. The Hall–Kier alpha value is -0.890. The summed E-state index contributed by atoms with van der Waals surface area (Å²) in [5.74, 6) is 1.60. The summed E-state index contributed by atoms with van der Waals surface area (Å²) in [6, 6.07) is 0. The summed E-state index contributed by atoms with van der Waals surface area (Å²) in [6.45, 7) is 4.61. The van der Waals surface area contributed by atoms with Crippen molar-refractivity contribution in [3.63, 3.8) is 0 Å². The highest BCUT2D eigenvalue weighted by atomic mass is 16.3. The van der Waals surface area contributed by atoms with Gasteiger partial charge in [-0.3, -0.25) is 4.79 Å². The maximum Gasteiger partial charge on any atom is 0.139 e. The van der Waals surface area contributed by atoms with Crippen LogP contribution in [0.4, 0.5) is 0 Å². The van der Waals surface area contributed by atoms with E-state index in [2.05, 4.69) is 26.0 Å². The fourth-order valence-electron chi connectivity index (χ4n) is 5.92. The molecule has 2 heteroatoms. The molecule has 4 aliphatic carbocycles. The van der Waals surface area contributed by atoms with Crippen molar-refractivity contribution in [3.05, 3.63) is 23.3 Å². The summed E-state index contributed by atoms with van der Waals surface area (Å²) in [6.07, 6.45) is 12.6. The molecule has 0 aromatic rings. The number of carbonyl (C=O) groups excluding carboxylic acids is 1. The quantitative estimate of drug-likeness (QED) is 0.681. The molecule has 2 nitrogen and oxygen atoms in total. The van der Waals surface area contributed by atoms with Gasteiger partial charge in [-0.1, -0.05) is 37.1 Å². The van der Waals surface area contributed by atoms with E-state index in [9.17, 15) is 9.90 Å². The summed E-state index contributed by atoms with van der Waals surface area (Å²) in [4.78, 5) is 12.6. The van der Waals surface area contributed by atoms with Gasteiger partial charge in [0.1, 0.15) is 5.78 Å². The minimum atomic E-state index is -0.151.